The van der Waals surface area contributed by atoms with Gasteiger partial charge in [-0.05, 0) is 43.5 Å². The molecule has 1 aromatic carbocycles. The van der Waals surface area contributed by atoms with Gasteiger partial charge in [-0.3, -0.25) is 0 Å². The van der Waals surface area contributed by atoms with E-state index >= 15 is 0 Å². The summed E-state index contributed by atoms with van der Waals surface area (Å²) in [6.07, 6.45) is 0.942. The highest BCUT2D eigenvalue weighted by atomic mass is 35.5. The second kappa shape index (κ2) is 5.38. The Morgan fingerprint density at radius 1 is 1.47 bits per heavy atom. The van der Waals surface area contributed by atoms with Gasteiger partial charge in [0, 0.05) is 10.6 Å². The molecule has 84 valence electrons. The van der Waals surface area contributed by atoms with Gasteiger partial charge in [-0.1, -0.05) is 18.5 Å². The van der Waals surface area contributed by atoms with Crippen LogP contribution >= 0.6 is 11.6 Å². The number of benzene rings is 1. The van der Waals surface area contributed by atoms with Crippen LogP contribution in [0.25, 0.3) is 0 Å². The molecule has 0 spiro atoms. The first-order chi connectivity index (χ1) is 7.11. The van der Waals surface area contributed by atoms with Crippen molar-refractivity contribution in [3.63, 3.8) is 0 Å². The van der Waals surface area contributed by atoms with E-state index in [-0.39, 0.29) is 0 Å². The molecule has 1 atom stereocenters. The van der Waals surface area contributed by atoms with Crippen molar-refractivity contribution < 1.29 is 4.74 Å². The number of hydrogen-bond donors (Lipinski definition) is 1. The lowest BCUT2D eigenvalue weighted by Gasteiger charge is -2.18. The molecular formula is C12H18ClNO. The molecule has 0 aromatic heterocycles. The normalized spacial score (nSPS) is 12.6. The van der Waals surface area contributed by atoms with Crippen molar-refractivity contribution in [1.82, 2.24) is 0 Å². The van der Waals surface area contributed by atoms with Crippen LogP contribution in [-0.2, 0) is 0 Å². The molecular weight excluding hydrogens is 210 g/mol. The predicted molar refractivity (Wildman–Crippen MR) is 64.8 cm³/mol. The van der Waals surface area contributed by atoms with Crippen LogP contribution in [0.3, 0.4) is 0 Å². The Bertz CT molecular complexity index is 339. The summed E-state index contributed by atoms with van der Waals surface area (Å²) in [7, 11) is 1.68. The highest BCUT2D eigenvalue weighted by Gasteiger charge is 2.15. The second-order valence-corrected chi connectivity index (χ2v) is 4.17. The third-order valence-electron chi connectivity index (χ3n) is 2.72. The van der Waals surface area contributed by atoms with Crippen LogP contribution in [0, 0.1) is 6.92 Å². The largest absolute Gasteiger partial charge is 0.496 e. The van der Waals surface area contributed by atoms with E-state index in [0.717, 1.165) is 22.8 Å². The van der Waals surface area contributed by atoms with E-state index in [1.165, 1.54) is 5.56 Å². The summed E-state index contributed by atoms with van der Waals surface area (Å²) in [5, 5.41) is 0.787. The van der Waals surface area contributed by atoms with Crippen LogP contribution in [0.2, 0.25) is 5.02 Å². The maximum absolute atomic E-state index is 6.10. The minimum absolute atomic E-state index is 0.378. The molecule has 0 bridgehead atoms. The van der Waals surface area contributed by atoms with Gasteiger partial charge in [0.05, 0.1) is 7.11 Å². The monoisotopic (exact) mass is 227 g/mol. The van der Waals surface area contributed by atoms with Crippen LogP contribution in [0.4, 0.5) is 0 Å². The average Bonchev–Trinajstić information content (AvgIpc) is 2.22. The van der Waals surface area contributed by atoms with Crippen LogP contribution in [0.5, 0.6) is 5.75 Å². The Morgan fingerprint density at radius 3 is 2.67 bits per heavy atom. The van der Waals surface area contributed by atoms with Gasteiger partial charge in [0.25, 0.3) is 0 Å². The summed E-state index contributed by atoms with van der Waals surface area (Å²) in [6, 6.07) is 3.78. The Hall–Kier alpha value is -0.730. The van der Waals surface area contributed by atoms with Gasteiger partial charge in [-0.25, -0.2) is 0 Å². The molecule has 2 nitrogen and oxygen atoms in total. The number of halogens is 1. The Morgan fingerprint density at radius 2 is 2.13 bits per heavy atom. The molecule has 0 saturated carbocycles. The summed E-state index contributed by atoms with van der Waals surface area (Å²) in [5.74, 6) is 1.28. The van der Waals surface area contributed by atoms with Crippen LogP contribution in [0.15, 0.2) is 12.1 Å². The van der Waals surface area contributed by atoms with Crippen molar-refractivity contribution in [3.8, 4) is 5.75 Å². The molecule has 0 aliphatic heterocycles. The molecule has 1 rings (SSSR count). The quantitative estimate of drug-likeness (QED) is 0.858. The fourth-order valence-corrected chi connectivity index (χ4v) is 2.03. The zero-order valence-electron chi connectivity index (χ0n) is 9.51. The van der Waals surface area contributed by atoms with Crippen molar-refractivity contribution in [1.29, 1.82) is 0 Å². The van der Waals surface area contributed by atoms with E-state index in [1.54, 1.807) is 7.11 Å². The molecule has 1 unspecified atom stereocenters. The van der Waals surface area contributed by atoms with E-state index in [2.05, 4.69) is 6.92 Å². The first-order valence-electron chi connectivity index (χ1n) is 5.14. The van der Waals surface area contributed by atoms with Crippen LogP contribution in [0.1, 0.15) is 30.4 Å². The Balaban J connectivity index is 3.17. The van der Waals surface area contributed by atoms with E-state index in [9.17, 15) is 0 Å². The lowest BCUT2D eigenvalue weighted by Crippen LogP contribution is -2.07. The fraction of sp³-hybridized carbons (Fsp3) is 0.500. The SMILES string of the molecule is COc1ccc(Cl)c(C)c1C(C)CCN. The number of nitrogens with two attached hydrogens (primary N) is 1. The summed E-state index contributed by atoms with van der Waals surface area (Å²) in [4.78, 5) is 0. The van der Waals surface area contributed by atoms with E-state index in [1.807, 2.05) is 19.1 Å². The molecule has 0 saturated heterocycles. The highest BCUT2D eigenvalue weighted by molar-refractivity contribution is 6.31. The number of rotatable bonds is 4. The smallest absolute Gasteiger partial charge is 0.122 e. The third kappa shape index (κ3) is 2.64. The van der Waals surface area contributed by atoms with Gasteiger partial charge in [-0.15, -0.1) is 0 Å². The van der Waals surface area contributed by atoms with E-state index in [0.29, 0.717) is 12.5 Å². The predicted octanol–water partition coefficient (Wildman–Crippen LogP) is 3.11. The maximum Gasteiger partial charge on any atom is 0.122 e. The maximum atomic E-state index is 6.10. The molecule has 2 N–H and O–H groups in total. The molecule has 15 heavy (non-hydrogen) atoms. The summed E-state index contributed by atoms with van der Waals surface area (Å²) < 4.78 is 5.35. The van der Waals surface area contributed by atoms with Crippen molar-refractivity contribution in [2.45, 2.75) is 26.2 Å². The molecule has 0 aliphatic carbocycles. The van der Waals surface area contributed by atoms with Gasteiger partial charge < -0.3 is 10.5 Å². The first kappa shape index (κ1) is 12.3. The fourth-order valence-electron chi connectivity index (χ4n) is 1.86. The molecule has 0 heterocycles. The van der Waals surface area contributed by atoms with Gasteiger partial charge in [0.15, 0.2) is 0 Å². The molecule has 3 heteroatoms. The second-order valence-electron chi connectivity index (χ2n) is 3.77. The average molecular weight is 228 g/mol. The molecule has 0 amide bonds. The van der Waals surface area contributed by atoms with Crippen molar-refractivity contribution in [3.05, 3.63) is 28.3 Å². The van der Waals surface area contributed by atoms with Gasteiger partial charge in [0.2, 0.25) is 0 Å². The Kier molecular flexibility index (Phi) is 4.43. The van der Waals surface area contributed by atoms with Crippen molar-refractivity contribution in [2.75, 3.05) is 13.7 Å². The van der Waals surface area contributed by atoms with Gasteiger partial charge in [-0.2, -0.15) is 0 Å². The van der Waals surface area contributed by atoms with E-state index in [4.69, 9.17) is 22.1 Å². The van der Waals surface area contributed by atoms with Crippen molar-refractivity contribution >= 4 is 11.6 Å². The highest BCUT2D eigenvalue weighted by Crippen LogP contribution is 2.35. The molecule has 1 aromatic rings. The van der Waals surface area contributed by atoms with Crippen LogP contribution < -0.4 is 10.5 Å². The standard InChI is InChI=1S/C12H18ClNO/c1-8(6-7-14)12-9(2)10(13)4-5-11(12)15-3/h4-5,8H,6-7,14H2,1-3H3. The van der Waals surface area contributed by atoms with Crippen LogP contribution in [-0.4, -0.2) is 13.7 Å². The van der Waals surface area contributed by atoms with Gasteiger partial charge in [0.1, 0.15) is 5.75 Å². The van der Waals surface area contributed by atoms with Crippen molar-refractivity contribution in [2.24, 2.45) is 5.73 Å². The third-order valence-corrected chi connectivity index (χ3v) is 3.13. The molecule has 0 fully saturated rings. The summed E-state index contributed by atoms with van der Waals surface area (Å²) in [6.45, 7) is 4.84. The zero-order valence-corrected chi connectivity index (χ0v) is 10.3. The summed E-state index contributed by atoms with van der Waals surface area (Å²) >= 11 is 6.10. The van der Waals surface area contributed by atoms with E-state index < -0.39 is 0 Å². The minimum atomic E-state index is 0.378. The lowest BCUT2D eigenvalue weighted by molar-refractivity contribution is 0.405. The minimum Gasteiger partial charge on any atom is -0.496 e. The summed E-state index contributed by atoms with van der Waals surface area (Å²) in [5.41, 5.74) is 7.84. The lowest BCUT2D eigenvalue weighted by atomic mass is 9.93. The van der Waals surface area contributed by atoms with Gasteiger partial charge >= 0.3 is 0 Å². The first-order valence-corrected chi connectivity index (χ1v) is 5.52. The molecule has 0 radical (unpaired) electrons. The number of hydrogen-bond acceptors (Lipinski definition) is 2. The Labute approximate surface area is 96.4 Å². The topological polar surface area (TPSA) is 35.2 Å². The zero-order chi connectivity index (χ0) is 11.4. The molecule has 0 aliphatic rings. The number of methoxy groups -OCH3 is 1. The number of ether oxygens (including phenoxy) is 1.